The highest BCUT2D eigenvalue weighted by molar-refractivity contribution is 4.95. The van der Waals surface area contributed by atoms with Crippen LogP contribution in [0.25, 0.3) is 0 Å². The van der Waals surface area contributed by atoms with Crippen LogP contribution in [0.1, 0.15) is 104 Å². The van der Waals surface area contributed by atoms with E-state index in [1.165, 1.54) is 96.4 Å². The molecule has 1 unspecified atom stereocenters. The van der Waals surface area contributed by atoms with Crippen LogP contribution in [0.3, 0.4) is 0 Å². The van der Waals surface area contributed by atoms with Gasteiger partial charge in [-0.25, -0.2) is 0 Å². The van der Waals surface area contributed by atoms with Crippen LogP contribution >= 0.6 is 0 Å². The minimum Gasteiger partial charge on any atom is -0.359 e. The Morgan fingerprint density at radius 2 is 1.17 bits per heavy atom. The molecule has 23 heavy (non-hydrogen) atoms. The van der Waals surface area contributed by atoms with Gasteiger partial charge >= 0.3 is 0 Å². The number of hydrogen-bond donors (Lipinski definition) is 0. The van der Waals surface area contributed by atoms with E-state index in [0.29, 0.717) is 6.17 Å². The van der Waals surface area contributed by atoms with Crippen LogP contribution in [0.15, 0.2) is 12.4 Å². The van der Waals surface area contributed by atoms with E-state index in [9.17, 15) is 0 Å². The molecule has 0 aromatic carbocycles. The summed E-state index contributed by atoms with van der Waals surface area (Å²) < 4.78 is 0. The molecule has 2 heteroatoms. The van der Waals surface area contributed by atoms with E-state index in [-0.39, 0.29) is 0 Å². The van der Waals surface area contributed by atoms with Crippen molar-refractivity contribution in [2.45, 2.75) is 110 Å². The van der Waals surface area contributed by atoms with Crippen molar-refractivity contribution in [1.29, 1.82) is 0 Å². The van der Waals surface area contributed by atoms with Crippen LogP contribution in [-0.2, 0) is 0 Å². The Morgan fingerprint density at radius 3 is 1.70 bits per heavy atom. The third-order valence-electron chi connectivity index (χ3n) is 5.16. The Morgan fingerprint density at radius 1 is 0.652 bits per heavy atom. The Kier molecular flexibility index (Phi) is 12.2. The lowest BCUT2D eigenvalue weighted by atomic mass is 10.1. The molecule has 0 aliphatic carbocycles. The summed E-state index contributed by atoms with van der Waals surface area (Å²) in [5, 5.41) is 0. The Hall–Kier alpha value is -0.660. The van der Waals surface area contributed by atoms with Gasteiger partial charge in [-0.1, -0.05) is 90.9 Å². The Bertz CT molecular complexity index is 288. The largest absolute Gasteiger partial charge is 0.359 e. The molecule has 0 saturated carbocycles. The first-order valence-corrected chi connectivity index (χ1v) is 10.5. The van der Waals surface area contributed by atoms with Gasteiger partial charge in [0.1, 0.15) is 6.17 Å². The molecule has 0 radical (unpaired) electrons. The lowest BCUT2D eigenvalue weighted by molar-refractivity contribution is 0.162. The van der Waals surface area contributed by atoms with Crippen molar-refractivity contribution in [3.8, 4) is 0 Å². The minimum absolute atomic E-state index is 0.618. The second-order valence-corrected chi connectivity index (χ2v) is 7.36. The quantitative estimate of drug-likeness (QED) is 0.316. The van der Waals surface area contributed by atoms with Gasteiger partial charge < -0.3 is 9.80 Å². The molecular weight excluding hydrogens is 280 g/mol. The lowest BCUT2D eigenvalue weighted by Crippen LogP contribution is -2.36. The van der Waals surface area contributed by atoms with Crippen molar-refractivity contribution in [2.24, 2.45) is 0 Å². The molecule has 0 aromatic heterocycles. The van der Waals surface area contributed by atoms with Crippen LogP contribution in [0.5, 0.6) is 0 Å². The van der Waals surface area contributed by atoms with Gasteiger partial charge in [-0.15, -0.1) is 0 Å². The molecule has 1 atom stereocenters. The number of hydrogen-bond acceptors (Lipinski definition) is 2. The van der Waals surface area contributed by atoms with E-state index in [0.717, 1.165) is 0 Å². The van der Waals surface area contributed by atoms with Gasteiger partial charge in [0.05, 0.1) is 0 Å². The molecule has 0 spiro atoms. The standard InChI is InChI=1S/C21H42N2/c1-4-6-7-8-9-10-11-12-13-14-15-16-18-23-20-19-22(3)21(23)17-5-2/h19-21H,4-18H2,1-3H3. The first kappa shape index (κ1) is 20.4. The van der Waals surface area contributed by atoms with Gasteiger partial charge in [-0.3, -0.25) is 0 Å². The van der Waals surface area contributed by atoms with Crippen molar-refractivity contribution in [1.82, 2.24) is 9.80 Å². The molecule has 1 aliphatic heterocycles. The van der Waals surface area contributed by atoms with Crippen molar-refractivity contribution in [3.63, 3.8) is 0 Å². The zero-order valence-electron chi connectivity index (χ0n) is 16.2. The molecule has 0 N–H and O–H groups in total. The summed E-state index contributed by atoms with van der Waals surface area (Å²) >= 11 is 0. The summed E-state index contributed by atoms with van der Waals surface area (Å²) in [4.78, 5) is 4.91. The summed E-state index contributed by atoms with van der Waals surface area (Å²) in [5.74, 6) is 0. The third kappa shape index (κ3) is 9.27. The van der Waals surface area contributed by atoms with Crippen molar-refractivity contribution < 1.29 is 0 Å². The average molecular weight is 323 g/mol. The molecule has 2 nitrogen and oxygen atoms in total. The first-order chi connectivity index (χ1) is 11.3. The molecule has 1 rings (SSSR count). The van der Waals surface area contributed by atoms with E-state index in [2.05, 4.69) is 43.1 Å². The maximum Gasteiger partial charge on any atom is 0.100 e. The van der Waals surface area contributed by atoms with Crippen LogP contribution in [-0.4, -0.2) is 29.6 Å². The van der Waals surface area contributed by atoms with Crippen LogP contribution in [0.2, 0.25) is 0 Å². The smallest absolute Gasteiger partial charge is 0.100 e. The van der Waals surface area contributed by atoms with Crippen LogP contribution in [0, 0.1) is 0 Å². The van der Waals surface area contributed by atoms with Gasteiger partial charge in [-0.2, -0.15) is 0 Å². The maximum absolute atomic E-state index is 2.54. The lowest BCUT2D eigenvalue weighted by Gasteiger charge is -2.30. The molecule has 0 fully saturated rings. The van der Waals surface area contributed by atoms with Crippen molar-refractivity contribution in [3.05, 3.63) is 12.4 Å². The second kappa shape index (κ2) is 13.7. The fourth-order valence-corrected chi connectivity index (χ4v) is 3.61. The first-order valence-electron chi connectivity index (χ1n) is 10.5. The highest BCUT2D eigenvalue weighted by Gasteiger charge is 2.21. The molecule has 0 aromatic rings. The van der Waals surface area contributed by atoms with Gasteiger partial charge in [0, 0.05) is 26.0 Å². The van der Waals surface area contributed by atoms with E-state index in [1.807, 2.05) is 0 Å². The van der Waals surface area contributed by atoms with Crippen LogP contribution < -0.4 is 0 Å². The third-order valence-corrected chi connectivity index (χ3v) is 5.16. The molecule has 0 saturated heterocycles. The van der Waals surface area contributed by atoms with E-state index < -0.39 is 0 Å². The fraction of sp³-hybridized carbons (Fsp3) is 0.905. The van der Waals surface area contributed by atoms with Gasteiger partial charge in [0.2, 0.25) is 0 Å². The normalized spacial score (nSPS) is 17.4. The molecule has 1 aliphatic rings. The zero-order chi connectivity index (χ0) is 16.8. The Balaban J connectivity index is 1.87. The zero-order valence-corrected chi connectivity index (χ0v) is 16.2. The summed E-state index contributed by atoms with van der Waals surface area (Å²) in [5.41, 5.74) is 0. The Labute approximate surface area is 146 Å². The van der Waals surface area contributed by atoms with Crippen LogP contribution in [0.4, 0.5) is 0 Å². The van der Waals surface area contributed by atoms with Gasteiger partial charge in [0.25, 0.3) is 0 Å². The van der Waals surface area contributed by atoms with E-state index >= 15 is 0 Å². The summed E-state index contributed by atoms with van der Waals surface area (Å²) in [7, 11) is 2.21. The minimum atomic E-state index is 0.618. The van der Waals surface area contributed by atoms with E-state index in [4.69, 9.17) is 0 Å². The maximum atomic E-state index is 2.54. The van der Waals surface area contributed by atoms with E-state index in [1.54, 1.807) is 0 Å². The fourth-order valence-electron chi connectivity index (χ4n) is 3.61. The highest BCUT2D eigenvalue weighted by Crippen LogP contribution is 2.19. The number of unbranched alkanes of at least 4 members (excludes halogenated alkanes) is 11. The average Bonchev–Trinajstić information content (AvgIpc) is 2.89. The molecular formula is C21H42N2. The second-order valence-electron chi connectivity index (χ2n) is 7.36. The summed E-state index contributed by atoms with van der Waals surface area (Å²) in [6, 6.07) is 0. The van der Waals surface area contributed by atoms with Crippen molar-refractivity contribution >= 4 is 0 Å². The summed E-state index contributed by atoms with van der Waals surface area (Å²) in [6.07, 6.45) is 24.9. The molecule has 0 bridgehead atoms. The van der Waals surface area contributed by atoms with Gasteiger partial charge in [-0.05, 0) is 12.8 Å². The molecule has 136 valence electrons. The number of rotatable bonds is 15. The molecule has 1 heterocycles. The number of nitrogens with zero attached hydrogens (tertiary/aromatic N) is 2. The topological polar surface area (TPSA) is 6.48 Å². The molecule has 0 amide bonds. The monoisotopic (exact) mass is 322 g/mol. The summed E-state index contributed by atoms with van der Waals surface area (Å²) in [6.45, 7) is 5.82. The van der Waals surface area contributed by atoms with Gasteiger partial charge in [0.15, 0.2) is 0 Å². The highest BCUT2D eigenvalue weighted by atomic mass is 15.4. The predicted molar refractivity (Wildman–Crippen MR) is 103 cm³/mol. The SMILES string of the molecule is CCCCCCCCCCCCCCN1C=CN(C)C1CCC. The predicted octanol–water partition coefficient (Wildman–Crippen LogP) is 6.53. The van der Waals surface area contributed by atoms with Crippen molar-refractivity contribution in [2.75, 3.05) is 13.6 Å².